The van der Waals surface area contributed by atoms with Crippen LogP contribution in [0.15, 0.2) is 47.5 Å². The first kappa shape index (κ1) is 19.2. The van der Waals surface area contributed by atoms with Crippen LogP contribution in [0.4, 0.5) is 4.39 Å². The maximum atomic E-state index is 13.2. The van der Waals surface area contributed by atoms with Crippen LogP contribution in [0, 0.1) is 12.7 Å². The normalized spacial score (nSPS) is 11.8. The lowest BCUT2D eigenvalue weighted by Crippen LogP contribution is -2.35. The minimum Gasteiger partial charge on any atom is -0.449 e. The van der Waals surface area contributed by atoms with Crippen LogP contribution in [0.3, 0.4) is 0 Å². The molecule has 1 aromatic carbocycles. The number of rotatable bonds is 6. The monoisotopic (exact) mass is 383 g/mol. The first-order chi connectivity index (χ1) is 13.4. The van der Waals surface area contributed by atoms with Crippen LogP contribution in [0.1, 0.15) is 23.0 Å². The highest BCUT2D eigenvalue weighted by molar-refractivity contribution is 6.05. The van der Waals surface area contributed by atoms with Gasteiger partial charge in [0, 0.05) is 12.1 Å². The maximum absolute atomic E-state index is 13.2. The average molecular weight is 383 g/mol. The number of esters is 1. The van der Waals surface area contributed by atoms with E-state index in [0.29, 0.717) is 22.3 Å². The topological polar surface area (TPSA) is 94.3 Å². The lowest BCUT2D eigenvalue weighted by Gasteiger charge is -2.13. The van der Waals surface area contributed by atoms with Crippen LogP contribution in [0.25, 0.3) is 22.4 Å². The van der Waals surface area contributed by atoms with Gasteiger partial charge in [0.05, 0.1) is 22.3 Å². The summed E-state index contributed by atoms with van der Waals surface area (Å²) < 4.78 is 23.7. The highest BCUT2D eigenvalue weighted by Crippen LogP contribution is 2.28. The van der Waals surface area contributed by atoms with Crippen molar-refractivity contribution in [2.24, 2.45) is 0 Å². The van der Waals surface area contributed by atoms with E-state index in [1.807, 2.05) is 0 Å². The Labute approximate surface area is 160 Å². The van der Waals surface area contributed by atoms with Gasteiger partial charge < -0.3 is 14.6 Å². The van der Waals surface area contributed by atoms with Crippen LogP contribution in [-0.2, 0) is 9.53 Å². The molecule has 144 valence electrons. The van der Waals surface area contributed by atoms with Crippen molar-refractivity contribution in [1.82, 2.24) is 15.5 Å². The molecule has 0 saturated carbocycles. The van der Waals surface area contributed by atoms with Crippen molar-refractivity contribution in [1.29, 1.82) is 0 Å². The lowest BCUT2D eigenvalue weighted by atomic mass is 10.1. The van der Waals surface area contributed by atoms with E-state index in [0.717, 1.165) is 0 Å². The van der Waals surface area contributed by atoms with Crippen LogP contribution in [0.5, 0.6) is 0 Å². The van der Waals surface area contributed by atoms with Crippen molar-refractivity contribution in [3.63, 3.8) is 0 Å². The summed E-state index contributed by atoms with van der Waals surface area (Å²) >= 11 is 0. The number of hydrogen-bond acceptors (Lipinski definition) is 6. The van der Waals surface area contributed by atoms with E-state index in [9.17, 15) is 14.0 Å². The number of fused-ring (bicyclic) bond motifs is 1. The summed E-state index contributed by atoms with van der Waals surface area (Å²) in [7, 11) is 0. The van der Waals surface area contributed by atoms with Gasteiger partial charge in [-0.1, -0.05) is 11.2 Å². The molecule has 0 fully saturated rings. The van der Waals surface area contributed by atoms with Gasteiger partial charge >= 0.3 is 5.97 Å². The van der Waals surface area contributed by atoms with Gasteiger partial charge in [0.25, 0.3) is 11.6 Å². The van der Waals surface area contributed by atoms with Crippen LogP contribution in [-0.4, -0.2) is 34.7 Å². The number of nitrogens with zero attached hydrogens (tertiary/aromatic N) is 2. The molecule has 0 aliphatic carbocycles. The fourth-order valence-corrected chi connectivity index (χ4v) is 2.62. The molecule has 0 aliphatic heterocycles. The molecule has 0 radical (unpaired) electrons. The summed E-state index contributed by atoms with van der Waals surface area (Å²) in [6.45, 7) is 6.91. The molecule has 0 unspecified atom stereocenters. The number of benzene rings is 1. The molecule has 2 aromatic heterocycles. The van der Waals surface area contributed by atoms with Gasteiger partial charge in [0.2, 0.25) is 0 Å². The second-order valence-corrected chi connectivity index (χ2v) is 6.09. The Hall–Kier alpha value is -3.55. The Bertz CT molecular complexity index is 1040. The number of ether oxygens (including phenoxy) is 1. The van der Waals surface area contributed by atoms with Crippen molar-refractivity contribution >= 4 is 23.0 Å². The smallest absolute Gasteiger partial charge is 0.339 e. The van der Waals surface area contributed by atoms with Crippen molar-refractivity contribution in [3.05, 3.63) is 60.1 Å². The number of carbonyl (C=O) groups excluding carboxylic acids is 2. The van der Waals surface area contributed by atoms with E-state index in [2.05, 4.69) is 22.0 Å². The van der Waals surface area contributed by atoms with Crippen LogP contribution >= 0.6 is 0 Å². The summed E-state index contributed by atoms with van der Waals surface area (Å²) in [5.41, 5.74) is 1.74. The Balaban J connectivity index is 1.97. The molecular weight excluding hydrogens is 365 g/mol. The largest absolute Gasteiger partial charge is 0.449 e. The third kappa shape index (κ3) is 3.90. The predicted molar refractivity (Wildman–Crippen MR) is 100 cm³/mol. The number of aromatic nitrogens is 2. The third-order valence-corrected chi connectivity index (χ3v) is 4.05. The molecule has 0 bridgehead atoms. The Morgan fingerprint density at radius 1 is 1.36 bits per heavy atom. The molecule has 3 aromatic rings. The van der Waals surface area contributed by atoms with Crippen molar-refractivity contribution in [2.45, 2.75) is 20.0 Å². The SMILES string of the molecule is C=CCNC(=O)[C@H](C)OC(=O)c1cc(-c2ccc(F)cc2)nc2onc(C)c12. The van der Waals surface area contributed by atoms with E-state index in [4.69, 9.17) is 9.26 Å². The van der Waals surface area contributed by atoms with Crippen LogP contribution in [0.2, 0.25) is 0 Å². The van der Waals surface area contributed by atoms with E-state index in [1.54, 1.807) is 6.92 Å². The van der Waals surface area contributed by atoms with Gasteiger partial charge in [-0.3, -0.25) is 4.79 Å². The highest BCUT2D eigenvalue weighted by Gasteiger charge is 2.24. The number of hydrogen-bond donors (Lipinski definition) is 1. The summed E-state index contributed by atoms with van der Waals surface area (Å²) in [5, 5.41) is 6.81. The number of carbonyl (C=O) groups is 2. The van der Waals surface area contributed by atoms with Gasteiger partial charge in [-0.05, 0) is 44.2 Å². The fraction of sp³-hybridized carbons (Fsp3) is 0.200. The fourth-order valence-electron chi connectivity index (χ4n) is 2.62. The van der Waals surface area contributed by atoms with Gasteiger partial charge in [-0.2, -0.15) is 0 Å². The first-order valence-electron chi connectivity index (χ1n) is 8.53. The molecule has 8 heteroatoms. The number of amides is 1. The van der Waals surface area contributed by atoms with E-state index >= 15 is 0 Å². The summed E-state index contributed by atoms with van der Waals surface area (Å²) in [4.78, 5) is 29.1. The molecule has 0 saturated heterocycles. The molecular formula is C20H18FN3O4. The Morgan fingerprint density at radius 3 is 2.75 bits per heavy atom. The third-order valence-electron chi connectivity index (χ3n) is 4.05. The van der Waals surface area contributed by atoms with Crippen molar-refractivity contribution in [3.8, 4) is 11.3 Å². The van der Waals surface area contributed by atoms with Crippen molar-refractivity contribution in [2.75, 3.05) is 6.54 Å². The zero-order valence-corrected chi connectivity index (χ0v) is 15.4. The van der Waals surface area contributed by atoms with Crippen LogP contribution < -0.4 is 5.32 Å². The van der Waals surface area contributed by atoms with Gasteiger partial charge in [0.1, 0.15) is 5.82 Å². The van der Waals surface area contributed by atoms with Crippen molar-refractivity contribution < 1.29 is 23.2 Å². The molecule has 7 nitrogen and oxygen atoms in total. The highest BCUT2D eigenvalue weighted by atomic mass is 19.1. The molecule has 28 heavy (non-hydrogen) atoms. The second kappa shape index (κ2) is 7.99. The molecule has 1 atom stereocenters. The predicted octanol–water partition coefficient (Wildman–Crippen LogP) is 3.18. The number of halogens is 1. The van der Waals surface area contributed by atoms with E-state index in [1.165, 1.54) is 43.3 Å². The number of nitrogens with one attached hydrogen (secondary N) is 1. The van der Waals surface area contributed by atoms with Gasteiger partial charge in [-0.25, -0.2) is 14.2 Å². The summed E-state index contributed by atoms with van der Waals surface area (Å²) in [6.07, 6.45) is 0.513. The molecule has 3 rings (SSSR count). The molecule has 0 aliphatic rings. The minimum atomic E-state index is -1.01. The number of pyridine rings is 1. The summed E-state index contributed by atoms with van der Waals surface area (Å²) in [6, 6.07) is 7.16. The maximum Gasteiger partial charge on any atom is 0.339 e. The standard InChI is InChI=1S/C20H18FN3O4/c1-4-9-22-18(25)12(3)27-20(26)15-10-16(13-5-7-14(21)8-6-13)23-19-17(15)11(2)24-28-19/h4-8,10,12H,1,9H2,2-3H3,(H,22,25)/t12-/m0/s1. The molecule has 2 heterocycles. The van der Waals surface area contributed by atoms with Gasteiger partial charge in [0.15, 0.2) is 6.10 Å². The quantitative estimate of drug-likeness (QED) is 0.519. The average Bonchev–Trinajstić information content (AvgIpc) is 3.06. The first-order valence-corrected chi connectivity index (χ1v) is 8.53. The molecule has 0 spiro atoms. The second-order valence-electron chi connectivity index (χ2n) is 6.09. The van der Waals surface area contributed by atoms with Gasteiger partial charge in [-0.15, -0.1) is 6.58 Å². The molecule has 1 amide bonds. The van der Waals surface area contributed by atoms with E-state index < -0.39 is 18.0 Å². The lowest BCUT2D eigenvalue weighted by molar-refractivity contribution is -0.128. The Morgan fingerprint density at radius 2 is 2.07 bits per heavy atom. The zero-order valence-electron chi connectivity index (χ0n) is 15.4. The minimum absolute atomic E-state index is 0.148. The number of aryl methyl sites for hydroxylation is 1. The molecule has 1 N–H and O–H groups in total. The summed E-state index contributed by atoms with van der Waals surface area (Å²) in [5.74, 6) is -1.55. The van der Waals surface area contributed by atoms with E-state index in [-0.39, 0.29) is 23.6 Å². The Kier molecular flexibility index (Phi) is 5.49. The zero-order chi connectivity index (χ0) is 20.3.